The molecule has 0 nitrogen and oxygen atoms in total. The quantitative estimate of drug-likeness (QED) is 0.601. The van der Waals surface area contributed by atoms with E-state index in [-0.39, 0.29) is 18.6 Å². The molecule has 0 heterocycles. The molecular formula is Cl4MoV. The van der Waals surface area contributed by atoms with Crippen LogP contribution >= 0.6 is 37.7 Å². The maximum absolute atomic E-state index is 5.02. The molecule has 0 N–H and O–H groups in total. The van der Waals surface area contributed by atoms with E-state index >= 15 is 0 Å². The van der Waals surface area contributed by atoms with Gasteiger partial charge in [0.05, 0.1) is 0 Å². The molecule has 0 rings (SSSR count). The maximum atomic E-state index is 5.02. The molecular weight excluding hydrogens is 289 g/mol. The van der Waals surface area contributed by atoms with E-state index < -0.39 is 11.9 Å². The first kappa shape index (κ1) is 11.3. The maximum Gasteiger partial charge on any atom is 0 e. The Hall–Kier alpha value is 2.43. The van der Waals surface area contributed by atoms with Gasteiger partial charge in [-0.1, -0.05) is 0 Å². The Kier molecular flexibility index (Phi) is 8.12. The molecule has 0 unspecified atom stereocenters. The van der Waals surface area contributed by atoms with E-state index in [1.54, 1.807) is 0 Å². The van der Waals surface area contributed by atoms with Gasteiger partial charge in [-0.15, -0.1) is 0 Å². The zero-order chi connectivity index (χ0) is 4.50. The number of hydrogen-bond donors (Lipinski definition) is 0. The minimum Gasteiger partial charge on any atom is 0 e. The molecule has 1 radical (unpaired) electrons. The SMILES string of the molecule is [Cl][Mo]([Cl])([Cl])[Cl].[V]. The first-order valence-corrected chi connectivity index (χ1v) is 11.0. The van der Waals surface area contributed by atoms with Crippen LogP contribution in [0.5, 0.6) is 0 Å². The largest absolute Gasteiger partial charge is 0 e. The summed E-state index contributed by atoms with van der Waals surface area (Å²) in [6.45, 7) is 0. The summed E-state index contributed by atoms with van der Waals surface area (Å²) in [5, 5.41) is 0. The molecule has 0 aromatic carbocycles. The van der Waals surface area contributed by atoms with Crippen LogP contribution < -0.4 is 0 Å². The van der Waals surface area contributed by atoms with E-state index in [9.17, 15) is 0 Å². The molecule has 0 aromatic rings. The number of halogens is 4. The van der Waals surface area contributed by atoms with Gasteiger partial charge < -0.3 is 0 Å². The molecule has 0 aromatic heterocycles. The Morgan fingerprint density at radius 2 is 0.833 bits per heavy atom. The smallest absolute Gasteiger partial charge is 0 e. The first-order valence-electron chi connectivity index (χ1n) is 0.617. The first-order chi connectivity index (χ1) is 2.00. The fraction of sp³-hybridized carbons (Fsp3) is 0. The van der Waals surface area contributed by atoms with Gasteiger partial charge in [0, 0.05) is 18.6 Å². The van der Waals surface area contributed by atoms with Gasteiger partial charge in [0.2, 0.25) is 0 Å². The van der Waals surface area contributed by atoms with Crippen molar-refractivity contribution in [3.05, 3.63) is 0 Å². The minimum absolute atomic E-state index is 0. The van der Waals surface area contributed by atoms with Crippen molar-refractivity contribution in [1.82, 2.24) is 0 Å². The Morgan fingerprint density at radius 3 is 0.833 bits per heavy atom. The molecule has 0 aliphatic heterocycles. The summed E-state index contributed by atoms with van der Waals surface area (Å²) in [4.78, 5) is 0. The van der Waals surface area contributed by atoms with Gasteiger partial charge in [0.25, 0.3) is 0 Å². The molecule has 0 saturated heterocycles. The topological polar surface area (TPSA) is 0 Å². The standard InChI is InChI=1S/4ClH.Mo.V/h4*1H;;/q;;;;+4;/p-4. The van der Waals surface area contributed by atoms with Crippen LogP contribution in [-0.2, 0) is 30.5 Å². The summed E-state index contributed by atoms with van der Waals surface area (Å²) in [5.41, 5.74) is 0. The summed E-state index contributed by atoms with van der Waals surface area (Å²) in [7, 11) is 20.1. The average Bonchev–Trinajstić information content (AvgIpc) is 0.722. The zero-order valence-electron chi connectivity index (χ0n) is 2.37. The Bertz CT molecular complexity index is 23.0. The fourth-order valence-electron chi connectivity index (χ4n) is 0. The fourth-order valence-corrected chi connectivity index (χ4v) is 0. The summed E-state index contributed by atoms with van der Waals surface area (Å²) in [6, 6.07) is 0. The van der Waals surface area contributed by atoms with Gasteiger partial charge >= 0.3 is 49.6 Å². The molecule has 0 bridgehead atoms. The molecule has 0 aliphatic carbocycles. The van der Waals surface area contributed by atoms with Crippen LogP contribution in [0.4, 0.5) is 0 Å². The van der Waals surface area contributed by atoms with Crippen LogP contribution in [0.2, 0.25) is 0 Å². The van der Waals surface area contributed by atoms with Crippen molar-refractivity contribution in [3.63, 3.8) is 0 Å². The molecule has 0 amide bonds. The van der Waals surface area contributed by atoms with Gasteiger partial charge in [0.1, 0.15) is 0 Å². The van der Waals surface area contributed by atoms with Crippen molar-refractivity contribution >= 4 is 37.7 Å². The predicted octanol–water partition coefficient (Wildman–Crippen LogP) is 2.75. The molecule has 39 valence electrons. The second kappa shape index (κ2) is 4.33. The average molecular weight is 289 g/mol. The van der Waals surface area contributed by atoms with Gasteiger partial charge in [0.15, 0.2) is 0 Å². The third kappa shape index (κ3) is 32.1. The van der Waals surface area contributed by atoms with E-state index in [0.717, 1.165) is 0 Å². The van der Waals surface area contributed by atoms with E-state index in [1.165, 1.54) is 0 Å². The van der Waals surface area contributed by atoms with Crippen molar-refractivity contribution in [2.75, 3.05) is 0 Å². The van der Waals surface area contributed by atoms with Crippen LogP contribution in [-0.4, -0.2) is 0 Å². The van der Waals surface area contributed by atoms with Gasteiger partial charge in [-0.2, -0.15) is 0 Å². The second-order valence-electron chi connectivity index (χ2n) is 0.350. The number of rotatable bonds is 0. The van der Waals surface area contributed by atoms with Crippen molar-refractivity contribution in [2.24, 2.45) is 0 Å². The van der Waals surface area contributed by atoms with Gasteiger partial charge in [-0.3, -0.25) is 0 Å². The summed E-state index contributed by atoms with van der Waals surface area (Å²) < 4.78 is 0. The zero-order valence-corrected chi connectivity index (χ0v) is 8.79. The van der Waals surface area contributed by atoms with Crippen LogP contribution in [0.25, 0.3) is 0 Å². The molecule has 0 saturated carbocycles. The summed E-state index contributed by atoms with van der Waals surface area (Å²) >= 11 is -3.13. The van der Waals surface area contributed by atoms with Crippen LogP contribution in [0.1, 0.15) is 0 Å². The molecule has 0 atom stereocenters. The van der Waals surface area contributed by atoms with Crippen molar-refractivity contribution in [1.29, 1.82) is 0 Å². The van der Waals surface area contributed by atoms with Crippen molar-refractivity contribution in [3.8, 4) is 0 Å². The monoisotopic (exact) mass is 289 g/mol. The number of hydrogen-bond acceptors (Lipinski definition) is 0. The van der Waals surface area contributed by atoms with E-state index in [4.69, 9.17) is 37.7 Å². The van der Waals surface area contributed by atoms with Gasteiger partial charge in [-0.25, -0.2) is 0 Å². The molecule has 6 heteroatoms. The third-order valence-corrected chi connectivity index (χ3v) is 0. The summed E-state index contributed by atoms with van der Waals surface area (Å²) in [6.07, 6.45) is 0. The second-order valence-corrected chi connectivity index (χ2v) is 18.6. The van der Waals surface area contributed by atoms with Crippen LogP contribution in [0.15, 0.2) is 0 Å². The summed E-state index contributed by atoms with van der Waals surface area (Å²) in [5.74, 6) is 0. The van der Waals surface area contributed by atoms with Gasteiger partial charge in [-0.05, 0) is 0 Å². The van der Waals surface area contributed by atoms with Crippen LogP contribution in [0.3, 0.4) is 0 Å². The van der Waals surface area contributed by atoms with E-state index in [1.807, 2.05) is 0 Å². The molecule has 0 fully saturated rings. The Balaban J connectivity index is 0. The van der Waals surface area contributed by atoms with E-state index in [2.05, 4.69) is 0 Å². The van der Waals surface area contributed by atoms with E-state index in [0.29, 0.717) is 0 Å². The predicted molar refractivity (Wildman–Crippen MR) is 23.4 cm³/mol. The Labute approximate surface area is 67.3 Å². The normalized spacial score (nSPS) is 12.7. The molecule has 6 heavy (non-hydrogen) atoms. The third-order valence-electron chi connectivity index (χ3n) is 0. The Morgan fingerprint density at radius 1 is 0.833 bits per heavy atom. The molecule has 0 spiro atoms. The minimum atomic E-state index is -3.13. The van der Waals surface area contributed by atoms with Crippen molar-refractivity contribution < 1.29 is 30.5 Å². The van der Waals surface area contributed by atoms with Crippen LogP contribution in [0, 0.1) is 0 Å². The van der Waals surface area contributed by atoms with Crippen molar-refractivity contribution in [2.45, 2.75) is 0 Å². The molecule has 0 aliphatic rings.